The molecular weight excluding hydrogens is 220 g/mol. The van der Waals surface area contributed by atoms with Crippen LogP contribution in [0.5, 0.6) is 0 Å². The van der Waals surface area contributed by atoms with Crippen LogP contribution in [0.1, 0.15) is 35.9 Å². The van der Waals surface area contributed by atoms with E-state index in [1.165, 1.54) is 24.1 Å². The maximum absolute atomic E-state index is 5.87. The van der Waals surface area contributed by atoms with E-state index in [9.17, 15) is 0 Å². The second-order valence-corrected chi connectivity index (χ2v) is 4.87. The summed E-state index contributed by atoms with van der Waals surface area (Å²) in [5.74, 6) is 1.34. The lowest BCUT2D eigenvalue weighted by Crippen LogP contribution is -2.20. The molecule has 1 heterocycles. The first-order valence-corrected chi connectivity index (χ1v) is 5.95. The lowest BCUT2D eigenvalue weighted by Gasteiger charge is -2.35. The summed E-state index contributed by atoms with van der Waals surface area (Å²) >= 11 is 5.87. The number of H-pyrrole nitrogens is 1. The SMILES string of the molecule is Clc1ccc(C2CC(c3ccn[nH]3)C2)cc1. The molecule has 0 saturated heterocycles. The van der Waals surface area contributed by atoms with Crippen LogP contribution in [0.25, 0.3) is 0 Å². The predicted octanol–water partition coefficient (Wildman–Crippen LogP) is 3.72. The first-order valence-electron chi connectivity index (χ1n) is 5.57. The summed E-state index contributed by atoms with van der Waals surface area (Å²) in [6, 6.07) is 10.3. The van der Waals surface area contributed by atoms with Crippen molar-refractivity contribution in [1.29, 1.82) is 0 Å². The molecular formula is C13H13ClN2. The molecule has 82 valence electrons. The second kappa shape index (κ2) is 3.95. The normalized spacial score (nSPS) is 24.1. The van der Waals surface area contributed by atoms with Crippen LogP contribution in [0, 0.1) is 0 Å². The molecule has 2 aromatic rings. The highest BCUT2D eigenvalue weighted by Crippen LogP contribution is 2.46. The fourth-order valence-corrected chi connectivity index (χ4v) is 2.50. The molecule has 1 saturated carbocycles. The molecule has 3 rings (SSSR count). The van der Waals surface area contributed by atoms with Crippen LogP contribution >= 0.6 is 11.6 Å². The van der Waals surface area contributed by atoms with Crippen LogP contribution in [0.3, 0.4) is 0 Å². The Morgan fingerprint density at radius 1 is 1.06 bits per heavy atom. The molecule has 2 nitrogen and oxygen atoms in total. The Kier molecular flexibility index (Phi) is 2.44. The van der Waals surface area contributed by atoms with Gasteiger partial charge in [0.2, 0.25) is 0 Å². The maximum Gasteiger partial charge on any atom is 0.0490 e. The summed E-state index contributed by atoms with van der Waals surface area (Å²) in [6.45, 7) is 0. The fourth-order valence-electron chi connectivity index (χ4n) is 2.37. The molecule has 1 aliphatic rings. The molecule has 1 aliphatic carbocycles. The zero-order valence-corrected chi connectivity index (χ0v) is 9.61. The Labute approximate surface area is 99.6 Å². The van der Waals surface area contributed by atoms with Gasteiger partial charge in [0, 0.05) is 22.8 Å². The molecule has 0 radical (unpaired) electrons. The van der Waals surface area contributed by atoms with E-state index in [1.807, 2.05) is 18.3 Å². The van der Waals surface area contributed by atoms with E-state index in [0.29, 0.717) is 11.8 Å². The highest BCUT2D eigenvalue weighted by atomic mass is 35.5. The molecule has 16 heavy (non-hydrogen) atoms. The number of aromatic nitrogens is 2. The van der Waals surface area contributed by atoms with Gasteiger partial charge in [-0.25, -0.2) is 0 Å². The summed E-state index contributed by atoms with van der Waals surface area (Å²) in [4.78, 5) is 0. The van der Waals surface area contributed by atoms with Crippen molar-refractivity contribution in [2.45, 2.75) is 24.7 Å². The summed E-state index contributed by atoms with van der Waals surface area (Å²) in [5.41, 5.74) is 2.67. The number of rotatable bonds is 2. The highest BCUT2D eigenvalue weighted by Gasteiger charge is 2.31. The quantitative estimate of drug-likeness (QED) is 0.840. The summed E-state index contributed by atoms with van der Waals surface area (Å²) in [5, 5.41) is 7.85. The van der Waals surface area contributed by atoms with Gasteiger partial charge >= 0.3 is 0 Å². The van der Waals surface area contributed by atoms with Crippen molar-refractivity contribution in [3.63, 3.8) is 0 Å². The van der Waals surface area contributed by atoms with E-state index in [1.54, 1.807) is 0 Å². The molecule has 1 aromatic carbocycles. The monoisotopic (exact) mass is 232 g/mol. The Hall–Kier alpha value is -1.28. The van der Waals surface area contributed by atoms with E-state index < -0.39 is 0 Å². The van der Waals surface area contributed by atoms with Gasteiger partial charge in [0.15, 0.2) is 0 Å². The van der Waals surface area contributed by atoms with Crippen molar-refractivity contribution >= 4 is 11.6 Å². The Bertz CT molecular complexity index is 455. The van der Waals surface area contributed by atoms with Crippen LogP contribution in [-0.2, 0) is 0 Å². The van der Waals surface area contributed by atoms with Gasteiger partial charge in [-0.3, -0.25) is 5.10 Å². The average molecular weight is 233 g/mol. The number of nitrogens with one attached hydrogen (secondary N) is 1. The minimum atomic E-state index is 0.656. The Balaban J connectivity index is 1.67. The fraction of sp³-hybridized carbons (Fsp3) is 0.308. The minimum absolute atomic E-state index is 0.656. The van der Waals surface area contributed by atoms with Crippen LogP contribution in [0.4, 0.5) is 0 Å². The number of nitrogens with zero attached hydrogens (tertiary/aromatic N) is 1. The molecule has 0 unspecified atom stereocenters. The van der Waals surface area contributed by atoms with Crippen molar-refractivity contribution in [2.24, 2.45) is 0 Å². The third-order valence-corrected chi connectivity index (χ3v) is 3.69. The average Bonchev–Trinajstić information content (AvgIpc) is 2.72. The van der Waals surface area contributed by atoms with E-state index in [2.05, 4.69) is 28.4 Å². The lowest BCUT2D eigenvalue weighted by molar-refractivity contribution is 0.345. The molecule has 0 bridgehead atoms. The topological polar surface area (TPSA) is 28.7 Å². The van der Waals surface area contributed by atoms with Gasteiger partial charge < -0.3 is 0 Å². The van der Waals surface area contributed by atoms with Gasteiger partial charge in [-0.2, -0.15) is 5.10 Å². The van der Waals surface area contributed by atoms with Crippen LogP contribution in [0.15, 0.2) is 36.5 Å². The Morgan fingerprint density at radius 2 is 1.81 bits per heavy atom. The van der Waals surface area contributed by atoms with Crippen molar-refractivity contribution in [3.8, 4) is 0 Å². The number of hydrogen-bond acceptors (Lipinski definition) is 1. The molecule has 0 amide bonds. The van der Waals surface area contributed by atoms with Crippen LogP contribution < -0.4 is 0 Å². The van der Waals surface area contributed by atoms with Gasteiger partial charge in [0.25, 0.3) is 0 Å². The highest BCUT2D eigenvalue weighted by molar-refractivity contribution is 6.30. The van der Waals surface area contributed by atoms with Crippen molar-refractivity contribution in [1.82, 2.24) is 10.2 Å². The number of halogens is 1. The predicted molar refractivity (Wildman–Crippen MR) is 64.8 cm³/mol. The number of aromatic amines is 1. The van der Waals surface area contributed by atoms with Crippen LogP contribution in [-0.4, -0.2) is 10.2 Å². The first-order chi connectivity index (χ1) is 7.83. The number of hydrogen-bond donors (Lipinski definition) is 1. The Morgan fingerprint density at radius 3 is 2.44 bits per heavy atom. The second-order valence-electron chi connectivity index (χ2n) is 4.43. The van der Waals surface area contributed by atoms with E-state index in [0.717, 1.165) is 5.02 Å². The lowest BCUT2D eigenvalue weighted by atomic mass is 9.70. The van der Waals surface area contributed by atoms with Gasteiger partial charge in [0.1, 0.15) is 0 Å². The third kappa shape index (κ3) is 1.74. The van der Waals surface area contributed by atoms with Crippen molar-refractivity contribution < 1.29 is 0 Å². The van der Waals surface area contributed by atoms with Gasteiger partial charge in [0.05, 0.1) is 0 Å². The summed E-state index contributed by atoms with van der Waals surface area (Å²) in [6.07, 6.45) is 4.25. The largest absolute Gasteiger partial charge is 0.282 e. The summed E-state index contributed by atoms with van der Waals surface area (Å²) in [7, 11) is 0. The zero-order valence-electron chi connectivity index (χ0n) is 8.86. The maximum atomic E-state index is 5.87. The van der Waals surface area contributed by atoms with Gasteiger partial charge in [-0.1, -0.05) is 23.7 Å². The zero-order chi connectivity index (χ0) is 11.0. The van der Waals surface area contributed by atoms with E-state index in [4.69, 9.17) is 11.6 Å². The minimum Gasteiger partial charge on any atom is -0.282 e. The number of benzene rings is 1. The molecule has 1 N–H and O–H groups in total. The molecule has 1 aromatic heterocycles. The van der Waals surface area contributed by atoms with E-state index in [-0.39, 0.29) is 0 Å². The van der Waals surface area contributed by atoms with Crippen molar-refractivity contribution in [2.75, 3.05) is 0 Å². The van der Waals surface area contributed by atoms with Gasteiger partial charge in [-0.05, 0) is 42.5 Å². The van der Waals surface area contributed by atoms with Crippen LogP contribution in [0.2, 0.25) is 5.02 Å². The molecule has 1 fully saturated rings. The van der Waals surface area contributed by atoms with Crippen molar-refractivity contribution in [3.05, 3.63) is 52.8 Å². The standard InChI is InChI=1S/C13H13ClN2/c14-12-3-1-9(2-4-12)10-7-11(8-10)13-5-6-15-16-13/h1-6,10-11H,7-8H2,(H,15,16). The molecule has 0 aliphatic heterocycles. The molecule has 0 atom stereocenters. The first kappa shape index (κ1) is 9.91. The summed E-state index contributed by atoms with van der Waals surface area (Å²) < 4.78 is 0. The third-order valence-electron chi connectivity index (χ3n) is 3.44. The van der Waals surface area contributed by atoms with E-state index >= 15 is 0 Å². The molecule has 0 spiro atoms. The molecule has 3 heteroatoms. The smallest absolute Gasteiger partial charge is 0.0490 e. The van der Waals surface area contributed by atoms with Gasteiger partial charge in [-0.15, -0.1) is 0 Å².